The van der Waals surface area contributed by atoms with Gasteiger partial charge in [0.1, 0.15) is 0 Å². The molecule has 0 aromatic rings. The molecule has 0 heterocycles. The number of nitrogens with zero attached hydrogens (tertiary/aromatic N) is 1. The third-order valence-corrected chi connectivity index (χ3v) is 7.06. The molecule has 3 aliphatic rings. The van der Waals surface area contributed by atoms with Crippen LogP contribution in [0, 0.1) is 11.3 Å². The van der Waals surface area contributed by atoms with E-state index in [-0.39, 0.29) is 5.54 Å². The number of thioether (sulfide) groups is 1. The van der Waals surface area contributed by atoms with Gasteiger partial charge in [0.05, 0.1) is 5.54 Å². The molecule has 1 amide bonds. The van der Waals surface area contributed by atoms with Crippen LogP contribution >= 0.6 is 11.8 Å². The lowest BCUT2D eigenvalue weighted by Crippen LogP contribution is -2.46. The Labute approximate surface area is 146 Å². The lowest BCUT2D eigenvalue weighted by atomic mass is 9.56. The average molecular weight is 339 g/mol. The number of carbonyl (C=O) groups is 1. The van der Waals surface area contributed by atoms with Crippen molar-refractivity contribution >= 4 is 23.3 Å². The van der Waals surface area contributed by atoms with Gasteiger partial charge in [0, 0.05) is 5.75 Å². The van der Waals surface area contributed by atoms with Crippen molar-refractivity contribution in [2.75, 3.05) is 5.75 Å². The maximum Gasteiger partial charge on any atom is 0.213 e. The highest BCUT2D eigenvalue weighted by molar-refractivity contribution is 8.13. The molecule has 0 aromatic heterocycles. The average Bonchev–Trinajstić information content (AvgIpc) is 2.55. The van der Waals surface area contributed by atoms with Crippen LogP contribution in [0.4, 0.5) is 0 Å². The summed E-state index contributed by atoms with van der Waals surface area (Å²) in [7, 11) is 0. The van der Waals surface area contributed by atoms with E-state index in [2.05, 4.69) is 26.1 Å². The predicted molar refractivity (Wildman–Crippen MR) is 101 cm³/mol. The summed E-state index contributed by atoms with van der Waals surface area (Å²) in [5.74, 6) is 1.62. The number of nitrogens with one attached hydrogen (secondary N) is 1. The Morgan fingerprint density at radius 2 is 1.83 bits per heavy atom. The molecule has 1 N–H and O–H groups in total. The smallest absolute Gasteiger partial charge is 0.213 e. The van der Waals surface area contributed by atoms with Gasteiger partial charge in [-0.2, -0.15) is 0 Å². The van der Waals surface area contributed by atoms with Crippen molar-refractivity contribution in [1.29, 1.82) is 0 Å². The van der Waals surface area contributed by atoms with Gasteiger partial charge in [-0.3, -0.25) is 9.79 Å². The lowest BCUT2D eigenvalue weighted by Gasteiger charge is -2.52. The number of amides is 1. The van der Waals surface area contributed by atoms with Gasteiger partial charge in [-0.15, -0.1) is 0 Å². The second-order valence-corrected chi connectivity index (χ2v) is 9.07. The fraction of sp³-hybridized carbons (Fsp3) is 0.895. The highest BCUT2D eigenvalue weighted by Crippen LogP contribution is 2.56. The molecule has 4 heteroatoms. The Balaban J connectivity index is 1.96. The first kappa shape index (κ1) is 18.8. The second kappa shape index (κ2) is 8.55. The van der Waals surface area contributed by atoms with Crippen LogP contribution in [0.3, 0.4) is 0 Å². The highest BCUT2D eigenvalue weighted by Gasteiger charge is 2.48. The summed E-state index contributed by atoms with van der Waals surface area (Å²) in [6.45, 7) is 6.70. The zero-order chi connectivity index (χ0) is 16.8. The number of aliphatic imine (C=N–C) groups is 1. The summed E-state index contributed by atoms with van der Waals surface area (Å²) in [4.78, 5) is 15.9. The van der Waals surface area contributed by atoms with Crippen LogP contribution in [-0.4, -0.2) is 22.9 Å². The molecule has 132 valence electrons. The molecule has 3 nitrogen and oxygen atoms in total. The molecule has 2 bridgehead atoms. The maximum absolute atomic E-state index is 10.9. The van der Waals surface area contributed by atoms with Crippen LogP contribution in [0.15, 0.2) is 4.99 Å². The van der Waals surface area contributed by atoms with Crippen molar-refractivity contribution < 1.29 is 4.79 Å². The van der Waals surface area contributed by atoms with Crippen molar-refractivity contribution in [3.05, 3.63) is 0 Å². The van der Waals surface area contributed by atoms with Crippen LogP contribution in [0.25, 0.3) is 0 Å². The number of carbonyl (C=O) groups excluding carboxylic acids is 1. The van der Waals surface area contributed by atoms with Crippen molar-refractivity contribution in [2.45, 2.75) is 90.5 Å². The molecule has 3 fully saturated rings. The Bertz CT molecular complexity index is 395. The van der Waals surface area contributed by atoms with E-state index in [0.717, 1.165) is 17.3 Å². The van der Waals surface area contributed by atoms with Gasteiger partial charge in [0.2, 0.25) is 6.41 Å². The van der Waals surface area contributed by atoms with Gasteiger partial charge in [0.25, 0.3) is 0 Å². The summed E-state index contributed by atoms with van der Waals surface area (Å²) in [5, 5.41) is 3.69. The predicted octanol–water partition coefficient (Wildman–Crippen LogP) is 5.15. The van der Waals surface area contributed by atoms with Crippen molar-refractivity contribution in [1.82, 2.24) is 5.32 Å². The van der Waals surface area contributed by atoms with E-state index < -0.39 is 0 Å². The van der Waals surface area contributed by atoms with Gasteiger partial charge in [-0.1, -0.05) is 51.8 Å². The number of unbranched alkanes of at least 4 members (excludes halogenated alkanes) is 2. The van der Waals surface area contributed by atoms with Crippen LogP contribution in [0.1, 0.15) is 85.0 Å². The van der Waals surface area contributed by atoms with E-state index in [1.54, 1.807) is 11.8 Å². The van der Waals surface area contributed by atoms with Crippen LogP contribution in [0.5, 0.6) is 0 Å². The summed E-state index contributed by atoms with van der Waals surface area (Å²) < 4.78 is 0. The number of rotatable bonds is 8. The first-order valence-corrected chi connectivity index (χ1v) is 10.4. The largest absolute Gasteiger partial charge is 0.308 e. The zero-order valence-electron chi connectivity index (χ0n) is 15.2. The van der Waals surface area contributed by atoms with E-state index in [4.69, 9.17) is 4.99 Å². The third-order valence-electron chi connectivity index (χ3n) is 5.75. The highest BCUT2D eigenvalue weighted by atomic mass is 32.2. The molecule has 0 radical (unpaired) electrons. The van der Waals surface area contributed by atoms with E-state index in [0.29, 0.717) is 11.3 Å². The maximum atomic E-state index is 10.9. The normalized spacial score (nSPS) is 30.7. The van der Waals surface area contributed by atoms with Crippen molar-refractivity contribution in [2.24, 2.45) is 16.3 Å². The minimum Gasteiger partial charge on any atom is -0.308 e. The van der Waals surface area contributed by atoms with Crippen molar-refractivity contribution in [3.8, 4) is 0 Å². The standard InChI is InChI=1S/C19H34N2OS/c1-4-5-6-7-18-8-11-19(12-9-18,13-10-18)21-17(20-15-22)23-14-16(2)3/h15-16H,4-14H2,1-3H3,(H,20,21,22). The Morgan fingerprint density at radius 1 is 1.17 bits per heavy atom. The van der Waals surface area contributed by atoms with Crippen molar-refractivity contribution in [3.63, 3.8) is 0 Å². The molecule has 0 saturated heterocycles. The van der Waals surface area contributed by atoms with E-state index in [9.17, 15) is 4.79 Å². The minimum absolute atomic E-state index is 0.113. The molecular weight excluding hydrogens is 304 g/mol. The Morgan fingerprint density at radius 3 is 2.35 bits per heavy atom. The molecule has 0 spiro atoms. The van der Waals surface area contributed by atoms with Gasteiger partial charge >= 0.3 is 0 Å². The van der Waals surface area contributed by atoms with Crippen LogP contribution in [0.2, 0.25) is 0 Å². The third kappa shape index (κ3) is 5.23. The first-order chi connectivity index (χ1) is 11.0. The lowest BCUT2D eigenvalue weighted by molar-refractivity contribution is -0.108. The Kier molecular flexibility index (Phi) is 7.00. The molecule has 3 saturated carbocycles. The topological polar surface area (TPSA) is 41.5 Å². The van der Waals surface area contributed by atoms with Gasteiger partial charge in [0.15, 0.2) is 5.17 Å². The summed E-state index contributed by atoms with van der Waals surface area (Å²) in [5.41, 5.74) is 0.734. The molecule has 0 aliphatic heterocycles. The first-order valence-electron chi connectivity index (χ1n) is 9.46. The summed E-state index contributed by atoms with van der Waals surface area (Å²) in [6.07, 6.45) is 13.9. The van der Waals surface area contributed by atoms with Gasteiger partial charge < -0.3 is 5.32 Å². The van der Waals surface area contributed by atoms with Gasteiger partial charge in [-0.05, 0) is 56.3 Å². The van der Waals surface area contributed by atoms with E-state index in [1.165, 1.54) is 64.2 Å². The summed E-state index contributed by atoms with van der Waals surface area (Å²) >= 11 is 1.70. The number of hydrogen-bond acceptors (Lipinski definition) is 3. The molecule has 0 atom stereocenters. The van der Waals surface area contributed by atoms with E-state index >= 15 is 0 Å². The zero-order valence-corrected chi connectivity index (χ0v) is 16.0. The van der Waals surface area contributed by atoms with Crippen LogP contribution in [-0.2, 0) is 4.79 Å². The molecular formula is C19H34N2OS. The number of amidine groups is 1. The molecule has 3 aliphatic carbocycles. The molecule has 0 unspecified atom stereocenters. The second-order valence-electron chi connectivity index (χ2n) is 8.07. The Hall–Kier alpha value is -0.510. The van der Waals surface area contributed by atoms with E-state index in [1.807, 2.05) is 0 Å². The molecule has 3 rings (SSSR count). The quantitative estimate of drug-likeness (QED) is 0.288. The fourth-order valence-electron chi connectivity index (χ4n) is 4.15. The number of fused-ring (bicyclic) bond motifs is 3. The summed E-state index contributed by atoms with van der Waals surface area (Å²) in [6, 6.07) is 0. The fourth-order valence-corrected chi connectivity index (χ4v) is 5.03. The molecule has 23 heavy (non-hydrogen) atoms. The number of hydrogen-bond donors (Lipinski definition) is 1. The monoisotopic (exact) mass is 338 g/mol. The SMILES string of the molecule is CCCCCC12CCC(N=C(NC=O)SCC(C)C)(CC1)CC2. The van der Waals surface area contributed by atoms with Gasteiger partial charge in [-0.25, -0.2) is 0 Å². The molecule has 0 aromatic carbocycles. The minimum atomic E-state index is 0.113. The van der Waals surface area contributed by atoms with Crippen LogP contribution < -0.4 is 5.32 Å².